The Hall–Kier alpha value is -1.36. The first-order valence-corrected chi connectivity index (χ1v) is 7.29. The van der Waals surface area contributed by atoms with Crippen LogP contribution in [-0.4, -0.2) is 12.2 Å². The molecule has 0 radical (unpaired) electrons. The number of furan rings is 1. The van der Waals surface area contributed by atoms with Crippen molar-refractivity contribution in [1.29, 1.82) is 0 Å². The molecule has 0 spiro atoms. The smallest absolute Gasteiger partial charge is 0.134 e. The van der Waals surface area contributed by atoms with Gasteiger partial charge >= 0.3 is 0 Å². The first-order valence-electron chi connectivity index (χ1n) is 7.29. The molecule has 0 aliphatic carbocycles. The fourth-order valence-electron chi connectivity index (χ4n) is 2.87. The van der Waals surface area contributed by atoms with Crippen molar-refractivity contribution >= 4 is 11.0 Å². The van der Waals surface area contributed by atoms with E-state index in [-0.39, 0.29) is 11.6 Å². The van der Waals surface area contributed by atoms with E-state index >= 15 is 0 Å². The van der Waals surface area contributed by atoms with Crippen molar-refractivity contribution in [3.05, 3.63) is 36.1 Å². The summed E-state index contributed by atoms with van der Waals surface area (Å²) in [7, 11) is 0. The second-order valence-electron chi connectivity index (χ2n) is 4.99. The van der Waals surface area contributed by atoms with Gasteiger partial charge in [0, 0.05) is 12.0 Å². The molecular weight excluding hydrogens is 252 g/mol. The van der Waals surface area contributed by atoms with Crippen LogP contribution in [0.3, 0.4) is 0 Å². The third kappa shape index (κ3) is 2.59. The van der Waals surface area contributed by atoms with Gasteiger partial charge in [-0.2, -0.15) is 0 Å². The molecule has 1 aromatic carbocycles. The Kier molecular flexibility index (Phi) is 4.81. The lowest BCUT2D eigenvalue weighted by Crippen LogP contribution is -2.47. The topological polar surface area (TPSA) is 60.4 Å². The predicted octanol–water partition coefficient (Wildman–Crippen LogP) is 3.53. The average Bonchev–Trinajstić information content (AvgIpc) is 2.90. The molecule has 110 valence electrons. The molecule has 3 N–H and O–H groups in total. The summed E-state index contributed by atoms with van der Waals surface area (Å²) in [6, 6.07) is 9.85. The number of nitrogens with one attached hydrogen (secondary N) is 1. The van der Waals surface area contributed by atoms with Gasteiger partial charge in [-0.05, 0) is 31.9 Å². The molecule has 0 aliphatic heterocycles. The fourth-order valence-corrected chi connectivity index (χ4v) is 2.87. The van der Waals surface area contributed by atoms with E-state index in [9.17, 15) is 0 Å². The second kappa shape index (κ2) is 6.39. The monoisotopic (exact) mass is 276 g/mol. The Morgan fingerprint density at radius 2 is 1.95 bits per heavy atom. The summed E-state index contributed by atoms with van der Waals surface area (Å²) in [6.45, 7) is 6.89. The minimum Gasteiger partial charge on any atom is -0.459 e. The van der Waals surface area contributed by atoms with Crippen LogP contribution in [0.2, 0.25) is 0 Å². The molecule has 0 saturated carbocycles. The lowest BCUT2D eigenvalue weighted by molar-refractivity contribution is -0.0774. The van der Waals surface area contributed by atoms with E-state index in [2.05, 4.69) is 19.3 Å². The molecule has 4 heteroatoms. The van der Waals surface area contributed by atoms with Crippen molar-refractivity contribution in [3.63, 3.8) is 0 Å². The van der Waals surface area contributed by atoms with Crippen LogP contribution in [0.5, 0.6) is 0 Å². The van der Waals surface area contributed by atoms with E-state index < -0.39 is 0 Å². The maximum atomic E-state index is 6.03. The standard InChI is InChI=1S/C16H24N2O2/c1-4-16(5-2,19-6-3)15(18-17)14-11-12-9-7-8-10-13(12)20-14/h7-11,15,18H,4-6,17H2,1-3H3. The predicted molar refractivity (Wildman–Crippen MR) is 81.2 cm³/mol. The van der Waals surface area contributed by atoms with Gasteiger partial charge in [0.05, 0.1) is 5.60 Å². The average molecular weight is 276 g/mol. The minimum atomic E-state index is -0.350. The molecule has 1 aromatic heterocycles. The third-order valence-corrected chi connectivity index (χ3v) is 4.05. The van der Waals surface area contributed by atoms with Crippen molar-refractivity contribution in [2.24, 2.45) is 5.84 Å². The van der Waals surface area contributed by atoms with Crippen molar-refractivity contribution in [2.75, 3.05) is 6.61 Å². The molecule has 2 rings (SSSR count). The molecule has 2 aromatic rings. The maximum absolute atomic E-state index is 6.03. The number of hydrogen-bond donors (Lipinski definition) is 2. The van der Waals surface area contributed by atoms with Gasteiger partial charge in [-0.3, -0.25) is 5.84 Å². The van der Waals surface area contributed by atoms with Crippen molar-refractivity contribution < 1.29 is 9.15 Å². The van der Waals surface area contributed by atoms with Crippen LogP contribution in [0.4, 0.5) is 0 Å². The van der Waals surface area contributed by atoms with Gasteiger partial charge in [-0.1, -0.05) is 32.0 Å². The quantitative estimate of drug-likeness (QED) is 0.600. The molecule has 0 bridgehead atoms. The molecule has 1 unspecified atom stereocenters. The van der Waals surface area contributed by atoms with Crippen molar-refractivity contribution in [1.82, 2.24) is 5.43 Å². The normalized spacial score (nSPS) is 13.8. The van der Waals surface area contributed by atoms with Crippen LogP contribution in [-0.2, 0) is 4.74 Å². The third-order valence-electron chi connectivity index (χ3n) is 4.05. The minimum absolute atomic E-state index is 0.162. The molecular formula is C16H24N2O2. The summed E-state index contributed by atoms with van der Waals surface area (Å²) in [5, 5.41) is 1.08. The van der Waals surface area contributed by atoms with Crippen molar-refractivity contribution in [3.8, 4) is 0 Å². The Balaban J connectivity index is 2.43. The summed E-state index contributed by atoms with van der Waals surface area (Å²) in [5.74, 6) is 6.63. The first kappa shape index (κ1) is 15.0. The fraction of sp³-hybridized carbons (Fsp3) is 0.500. The highest BCUT2D eigenvalue weighted by Crippen LogP contribution is 2.37. The van der Waals surface area contributed by atoms with Crippen molar-refractivity contribution in [2.45, 2.75) is 45.3 Å². The molecule has 1 heterocycles. The van der Waals surface area contributed by atoms with Crippen LogP contribution >= 0.6 is 0 Å². The number of hydrazine groups is 1. The summed E-state index contributed by atoms with van der Waals surface area (Å²) in [6.07, 6.45) is 1.73. The molecule has 1 atom stereocenters. The second-order valence-corrected chi connectivity index (χ2v) is 4.99. The van der Waals surface area contributed by atoms with Crippen LogP contribution in [0.25, 0.3) is 11.0 Å². The summed E-state index contributed by atoms with van der Waals surface area (Å²) in [5.41, 5.74) is 3.41. The van der Waals surface area contributed by atoms with Crippen LogP contribution < -0.4 is 11.3 Å². The van der Waals surface area contributed by atoms with Gasteiger partial charge in [0.1, 0.15) is 17.4 Å². The zero-order valence-electron chi connectivity index (χ0n) is 12.5. The van der Waals surface area contributed by atoms with Crippen LogP contribution in [0.15, 0.2) is 34.7 Å². The molecule has 0 aliphatic rings. The number of benzene rings is 1. The highest BCUT2D eigenvalue weighted by molar-refractivity contribution is 5.77. The maximum Gasteiger partial charge on any atom is 0.134 e. The van der Waals surface area contributed by atoms with Gasteiger partial charge < -0.3 is 9.15 Å². The Labute approximate surface area is 120 Å². The Morgan fingerprint density at radius 3 is 2.50 bits per heavy atom. The number of ether oxygens (including phenoxy) is 1. The number of fused-ring (bicyclic) bond motifs is 1. The van der Waals surface area contributed by atoms with Gasteiger partial charge in [-0.25, -0.2) is 5.43 Å². The number of para-hydroxylation sites is 1. The van der Waals surface area contributed by atoms with E-state index in [0.29, 0.717) is 6.61 Å². The largest absolute Gasteiger partial charge is 0.459 e. The molecule has 20 heavy (non-hydrogen) atoms. The molecule has 4 nitrogen and oxygen atoms in total. The van der Waals surface area contributed by atoms with Gasteiger partial charge in [0.2, 0.25) is 0 Å². The number of rotatable bonds is 7. The summed E-state index contributed by atoms with van der Waals surface area (Å²) >= 11 is 0. The first-order chi connectivity index (χ1) is 9.70. The van der Waals surface area contributed by atoms with Gasteiger partial charge in [0.25, 0.3) is 0 Å². The SMILES string of the molecule is CCOC(CC)(CC)C(NN)c1cc2ccccc2o1. The Bertz CT molecular complexity index is 513. The van der Waals surface area contributed by atoms with Gasteiger partial charge in [-0.15, -0.1) is 0 Å². The lowest BCUT2D eigenvalue weighted by Gasteiger charge is -2.37. The van der Waals surface area contributed by atoms with E-state index in [1.54, 1.807) is 0 Å². The van der Waals surface area contributed by atoms with E-state index in [0.717, 1.165) is 29.6 Å². The van der Waals surface area contributed by atoms with E-state index in [1.807, 2.05) is 37.3 Å². The molecule has 0 fully saturated rings. The summed E-state index contributed by atoms with van der Waals surface area (Å²) < 4.78 is 12.0. The van der Waals surface area contributed by atoms with Crippen LogP contribution in [0, 0.1) is 0 Å². The number of nitrogens with two attached hydrogens (primary N) is 1. The number of hydrogen-bond acceptors (Lipinski definition) is 4. The van der Waals surface area contributed by atoms with E-state index in [1.165, 1.54) is 0 Å². The lowest BCUT2D eigenvalue weighted by atomic mass is 9.87. The summed E-state index contributed by atoms with van der Waals surface area (Å²) in [4.78, 5) is 0. The zero-order valence-corrected chi connectivity index (χ0v) is 12.5. The molecule has 0 saturated heterocycles. The highest BCUT2D eigenvalue weighted by atomic mass is 16.5. The molecule has 0 amide bonds. The van der Waals surface area contributed by atoms with Crippen LogP contribution in [0.1, 0.15) is 45.4 Å². The highest BCUT2D eigenvalue weighted by Gasteiger charge is 2.39. The van der Waals surface area contributed by atoms with E-state index in [4.69, 9.17) is 15.0 Å². The van der Waals surface area contributed by atoms with Gasteiger partial charge in [0.15, 0.2) is 0 Å². The zero-order chi connectivity index (χ0) is 14.6. The Morgan fingerprint density at radius 1 is 1.25 bits per heavy atom.